The zero-order valence-corrected chi connectivity index (χ0v) is 15.3. The maximum atomic E-state index is 13.1. The number of carbonyl (C=O) groups is 1. The van der Waals surface area contributed by atoms with Crippen molar-refractivity contribution < 1.29 is 13.9 Å². The number of aromatic nitrogens is 1. The van der Waals surface area contributed by atoms with Crippen LogP contribution in [0.5, 0.6) is 0 Å². The van der Waals surface area contributed by atoms with Gasteiger partial charge in [-0.3, -0.25) is 4.79 Å². The molecule has 0 atom stereocenters. The molecule has 0 saturated carbocycles. The van der Waals surface area contributed by atoms with Crippen molar-refractivity contribution in [2.24, 2.45) is 0 Å². The lowest BCUT2D eigenvalue weighted by Crippen LogP contribution is -2.26. The van der Waals surface area contributed by atoms with Gasteiger partial charge in [-0.15, -0.1) is 0 Å². The molecule has 1 N–H and O–H groups in total. The summed E-state index contributed by atoms with van der Waals surface area (Å²) in [7, 11) is 1.61. The summed E-state index contributed by atoms with van der Waals surface area (Å²) in [5.41, 5.74) is 5.02. The van der Waals surface area contributed by atoms with E-state index in [1.54, 1.807) is 19.2 Å². The number of ether oxygens (including phenoxy) is 1. The number of nitrogens with zero attached hydrogens (tertiary/aromatic N) is 1. The summed E-state index contributed by atoms with van der Waals surface area (Å²) in [6.45, 7) is 5.76. The predicted octanol–water partition coefficient (Wildman–Crippen LogP) is 3.82. The lowest BCUT2D eigenvalue weighted by atomic mass is 10.1. The zero-order valence-electron chi connectivity index (χ0n) is 15.3. The number of rotatable bonds is 6. The molecule has 3 rings (SSSR count). The first-order valence-corrected chi connectivity index (χ1v) is 8.62. The van der Waals surface area contributed by atoms with Gasteiger partial charge in [0.2, 0.25) is 0 Å². The quantitative estimate of drug-likeness (QED) is 0.684. The minimum atomic E-state index is -0.233. The number of methoxy groups -OCH3 is 1. The highest BCUT2D eigenvalue weighted by molar-refractivity contribution is 5.99. The van der Waals surface area contributed by atoms with E-state index < -0.39 is 0 Å². The third-order valence-corrected chi connectivity index (χ3v) is 4.75. The Morgan fingerprint density at radius 3 is 2.58 bits per heavy atom. The van der Waals surface area contributed by atoms with Gasteiger partial charge in [-0.25, -0.2) is 4.39 Å². The Labute approximate surface area is 152 Å². The fourth-order valence-corrected chi connectivity index (χ4v) is 3.14. The second-order valence-corrected chi connectivity index (χ2v) is 6.40. The second kappa shape index (κ2) is 7.70. The Kier molecular flexibility index (Phi) is 5.38. The number of nitrogens with one attached hydrogen (secondary N) is 1. The van der Waals surface area contributed by atoms with Gasteiger partial charge in [-0.2, -0.15) is 0 Å². The Morgan fingerprint density at radius 1 is 1.15 bits per heavy atom. The largest absolute Gasteiger partial charge is 0.383 e. The average Bonchev–Trinajstić information content (AvgIpc) is 2.88. The van der Waals surface area contributed by atoms with Crippen molar-refractivity contribution in [2.75, 3.05) is 20.3 Å². The standard InChI is InChI=1S/C21H23FN2O2/c1-14-15(2)24(13-16-4-7-18(22)8-5-16)20-9-6-17(12-19(14)20)21(25)23-10-11-26-3/h4-9,12H,10-11,13H2,1-3H3,(H,23,25). The first kappa shape index (κ1) is 18.1. The third-order valence-electron chi connectivity index (χ3n) is 4.75. The molecule has 0 aliphatic rings. The van der Waals surface area contributed by atoms with Gasteiger partial charge in [-0.1, -0.05) is 12.1 Å². The van der Waals surface area contributed by atoms with Gasteiger partial charge < -0.3 is 14.6 Å². The predicted molar refractivity (Wildman–Crippen MR) is 101 cm³/mol. The maximum absolute atomic E-state index is 13.1. The molecular formula is C21H23FN2O2. The number of hydrogen-bond acceptors (Lipinski definition) is 2. The summed E-state index contributed by atoms with van der Waals surface area (Å²) in [4.78, 5) is 12.3. The van der Waals surface area contributed by atoms with Crippen LogP contribution in [0.3, 0.4) is 0 Å². The zero-order chi connectivity index (χ0) is 18.7. The Hall–Kier alpha value is -2.66. The molecule has 1 heterocycles. The Balaban J connectivity index is 1.92. The van der Waals surface area contributed by atoms with Crippen LogP contribution in [0.2, 0.25) is 0 Å². The molecule has 5 heteroatoms. The molecule has 0 radical (unpaired) electrons. The van der Waals surface area contributed by atoms with Crippen molar-refractivity contribution in [3.63, 3.8) is 0 Å². The summed E-state index contributed by atoms with van der Waals surface area (Å²) in [5, 5.41) is 3.90. The van der Waals surface area contributed by atoms with E-state index in [0.29, 0.717) is 25.3 Å². The van der Waals surface area contributed by atoms with Gasteiger partial charge >= 0.3 is 0 Å². The van der Waals surface area contributed by atoms with Gasteiger partial charge in [0.15, 0.2) is 0 Å². The molecule has 1 aromatic heterocycles. The molecule has 0 fully saturated rings. The van der Waals surface area contributed by atoms with Crippen LogP contribution in [0.15, 0.2) is 42.5 Å². The number of benzene rings is 2. The van der Waals surface area contributed by atoms with Crippen LogP contribution in [0.4, 0.5) is 4.39 Å². The molecule has 1 amide bonds. The van der Waals surface area contributed by atoms with Crippen molar-refractivity contribution in [2.45, 2.75) is 20.4 Å². The van der Waals surface area contributed by atoms with Crippen LogP contribution >= 0.6 is 0 Å². The molecule has 0 saturated heterocycles. The summed E-state index contributed by atoms with van der Waals surface area (Å²) in [5.74, 6) is -0.338. The molecule has 3 aromatic rings. The monoisotopic (exact) mass is 354 g/mol. The molecule has 0 aliphatic heterocycles. The fourth-order valence-electron chi connectivity index (χ4n) is 3.14. The van der Waals surface area contributed by atoms with E-state index in [0.717, 1.165) is 27.7 Å². The average molecular weight is 354 g/mol. The molecule has 136 valence electrons. The molecule has 0 spiro atoms. The van der Waals surface area contributed by atoms with Gasteiger partial charge in [0.1, 0.15) is 5.82 Å². The number of aryl methyl sites for hydroxylation is 1. The number of hydrogen-bond donors (Lipinski definition) is 1. The van der Waals surface area contributed by atoms with Gasteiger partial charge in [-0.05, 0) is 55.3 Å². The van der Waals surface area contributed by atoms with Crippen LogP contribution in [-0.4, -0.2) is 30.7 Å². The normalized spacial score (nSPS) is 11.1. The highest BCUT2D eigenvalue weighted by atomic mass is 19.1. The third kappa shape index (κ3) is 3.63. The highest BCUT2D eigenvalue weighted by Gasteiger charge is 2.14. The van der Waals surface area contributed by atoms with Crippen molar-refractivity contribution in [1.29, 1.82) is 0 Å². The van der Waals surface area contributed by atoms with Crippen molar-refractivity contribution in [1.82, 2.24) is 9.88 Å². The summed E-state index contributed by atoms with van der Waals surface area (Å²) in [6, 6.07) is 12.3. The lowest BCUT2D eigenvalue weighted by molar-refractivity contribution is 0.0937. The first-order chi connectivity index (χ1) is 12.5. The van der Waals surface area contributed by atoms with E-state index in [9.17, 15) is 9.18 Å². The Bertz CT molecular complexity index is 929. The Morgan fingerprint density at radius 2 is 1.88 bits per heavy atom. The van der Waals surface area contributed by atoms with E-state index in [4.69, 9.17) is 4.74 Å². The van der Waals surface area contributed by atoms with E-state index >= 15 is 0 Å². The van der Waals surface area contributed by atoms with Crippen LogP contribution in [0.1, 0.15) is 27.2 Å². The maximum Gasteiger partial charge on any atom is 0.251 e. The van der Waals surface area contributed by atoms with Crippen LogP contribution in [0.25, 0.3) is 10.9 Å². The summed E-state index contributed by atoms with van der Waals surface area (Å²) in [6.07, 6.45) is 0. The first-order valence-electron chi connectivity index (χ1n) is 8.62. The lowest BCUT2D eigenvalue weighted by Gasteiger charge is -2.09. The fraction of sp³-hybridized carbons (Fsp3) is 0.286. The topological polar surface area (TPSA) is 43.3 Å². The van der Waals surface area contributed by atoms with E-state index in [1.165, 1.54) is 12.1 Å². The highest BCUT2D eigenvalue weighted by Crippen LogP contribution is 2.27. The molecule has 26 heavy (non-hydrogen) atoms. The second-order valence-electron chi connectivity index (χ2n) is 6.40. The van der Waals surface area contributed by atoms with Gasteiger partial charge in [0.05, 0.1) is 6.61 Å². The van der Waals surface area contributed by atoms with Crippen LogP contribution in [0, 0.1) is 19.7 Å². The molecule has 2 aromatic carbocycles. The van der Waals surface area contributed by atoms with Crippen LogP contribution in [-0.2, 0) is 11.3 Å². The smallest absolute Gasteiger partial charge is 0.251 e. The van der Waals surface area contributed by atoms with Crippen LogP contribution < -0.4 is 5.32 Å². The minimum Gasteiger partial charge on any atom is -0.383 e. The van der Waals surface area contributed by atoms with Crippen molar-refractivity contribution in [3.05, 3.63) is 70.7 Å². The molecular weight excluding hydrogens is 331 g/mol. The summed E-state index contributed by atoms with van der Waals surface area (Å²) < 4.78 is 20.3. The molecule has 4 nitrogen and oxygen atoms in total. The number of amides is 1. The van der Waals surface area contributed by atoms with Gasteiger partial charge in [0, 0.05) is 42.4 Å². The van der Waals surface area contributed by atoms with E-state index in [-0.39, 0.29) is 11.7 Å². The van der Waals surface area contributed by atoms with E-state index in [1.807, 2.05) is 18.2 Å². The molecule has 0 aliphatic carbocycles. The molecule has 0 unspecified atom stereocenters. The molecule has 0 bridgehead atoms. The number of fused-ring (bicyclic) bond motifs is 1. The summed E-state index contributed by atoms with van der Waals surface area (Å²) >= 11 is 0. The van der Waals surface area contributed by atoms with Gasteiger partial charge in [0.25, 0.3) is 5.91 Å². The van der Waals surface area contributed by atoms with Crippen molar-refractivity contribution in [3.8, 4) is 0 Å². The number of halogens is 1. The SMILES string of the molecule is COCCNC(=O)c1ccc2c(c1)c(C)c(C)n2Cc1ccc(F)cc1. The van der Waals surface area contributed by atoms with E-state index in [2.05, 4.69) is 23.7 Å². The minimum absolute atomic E-state index is 0.104. The van der Waals surface area contributed by atoms with Crippen molar-refractivity contribution >= 4 is 16.8 Å². The number of carbonyl (C=O) groups excluding carboxylic acids is 1.